The Morgan fingerprint density at radius 3 is 2.88 bits per heavy atom. The number of hydrogen-bond donors (Lipinski definition) is 1. The van der Waals surface area contributed by atoms with Crippen molar-refractivity contribution in [2.24, 2.45) is 14.1 Å². The number of aryl methyl sites for hydroxylation is 3. The van der Waals surface area contributed by atoms with Crippen LogP contribution in [0.3, 0.4) is 0 Å². The van der Waals surface area contributed by atoms with Crippen molar-refractivity contribution in [1.82, 2.24) is 29.9 Å². The van der Waals surface area contributed by atoms with Crippen LogP contribution in [0.5, 0.6) is 0 Å². The number of aromatic nitrogens is 5. The molecule has 1 atom stereocenters. The Hall–Kier alpha value is -2.90. The van der Waals surface area contributed by atoms with E-state index in [1.54, 1.807) is 15.6 Å². The van der Waals surface area contributed by atoms with Gasteiger partial charge in [0.15, 0.2) is 5.65 Å². The number of piperidine rings is 1. The highest BCUT2D eigenvalue weighted by molar-refractivity contribution is 6.05. The van der Waals surface area contributed by atoms with Crippen LogP contribution in [-0.4, -0.2) is 49.6 Å². The van der Waals surface area contributed by atoms with E-state index in [1.165, 1.54) is 0 Å². The SMILES string of the molecule is Cc1cc(C(=O)NC2CCCN(c3cnn(C)c3)C2)c2cnn(C)c2n1. The van der Waals surface area contributed by atoms with Gasteiger partial charge < -0.3 is 10.2 Å². The molecular weight excluding hydrogens is 330 g/mol. The predicted molar refractivity (Wildman–Crippen MR) is 99.2 cm³/mol. The van der Waals surface area contributed by atoms with Gasteiger partial charge in [-0.3, -0.25) is 14.2 Å². The van der Waals surface area contributed by atoms with Crippen LogP contribution in [0.2, 0.25) is 0 Å². The second-order valence-electron chi connectivity index (χ2n) is 6.95. The van der Waals surface area contributed by atoms with E-state index in [-0.39, 0.29) is 11.9 Å². The van der Waals surface area contributed by atoms with Crippen LogP contribution < -0.4 is 10.2 Å². The van der Waals surface area contributed by atoms with E-state index in [4.69, 9.17) is 0 Å². The molecular formula is C18H23N7O. The van der Waals surface area contributed by atoms with Gasteiger partial charge in [-0.15, -0.1) is 0 Å². The van der Waals surface area contributed by atoms with E-state index in [2.05, 4.69) is 25.4 Å². The van der Waals surface area contributed by atoms with E-state index in [9.17, 15) is 4.79 Å². The number of nitrogens with one attached hydrogen (secondary N) is 1. The summed E-state index contributed by atoms with van der Waals surface area (Å²) < 4.78 is 3.50. The molecule has 1 amide bonds. The first kappa shape index (κ1) is 16.6. The molecule has 1 N–H and O–H groups in total. The molecule has 0 spiro atoms. The minimum Gasteiger partial charge on any atom is -0.367 e. The van der Waals surface area contributed by atoms with Crippen LogP contribution in [0, 0.1) is 6.92 Å². The summed E-state index contributed by atoms with van der Waals surface area (Å²) >= 11 is 0. The molecule has 0 radical (unpaired) electrons. The average Bonchev–Trinajstić information content (AvgIpc) is 3.21. The Balaban J connectivity index is 1.53. The van der Waals surface area contributed by atoms with Crippen molar-refractivity contribution in [3.63, 3.8) is 0 Å². The smallest absolute Gasteiger partial charge is 0.252 e. The molecule has 3 aromatic rings. The number of carbonyl (C=O) groups excluding carboxylic acids is 1. The maximum atomic E-state index is 12.9. The molecule has 1 unspecified atom stereocenters. The summed E-state index contributed by atoms with van der Waals surface area (Å²) in [5, 5.41) is 12.5. The lowest BCUT2D eigenvalue weighted by molar-refractivity contribution is 0.0934. The number of hydrogen-bond acceptors (Lipinski definition) is 5. The van der Waals surface area contributed by atoms with Crippen molar-refractivity contribution in [2.75, 3.05) is 18.0 Å². The fourth-order valence-corrected chi connectivity index (χ4v) is 3.59. The van der Waals surface area contributed by atoms with Gasteiger partial charge in [0, 0.05) is 45.1 Å². The van der Waals surface area contributed by atoms with Crippen molar-refractivity contribution in [3.8, 4) is 0 Å². The number of amides is 1. The van der Waals surface area contributed by atoms with Crippen LogP contribution >= 0.6 is 0 Å². The maximum absolute atomic E-state index is 12.9. The molecule has 1 aliphatic rings. The second-order valence-corrected chi connectivity index (χ2v) is 6.95. The number of rotatable bonds is 3. The Morgan fingerprint density at radius 1 is 1.27 bits per heavy atom. The number of carbonyl (C=O) groups is 1. The van der Waals surface area contributed by atoms with E-state index >= 15 is 0 Å². The lowest BCUT2D eigenvalue weighted by Gasteiger charge is -2.33. The first-order chi connectivity index (χ1) is 12.5. The number of nitrogens with zero attached hydrogens (tertiary/aromatic N) is 6. The minimum absolute atomic E-state index is 0.0634. The van der Waals surface area contributed by atoms with E-state index in [1.807, 2.05) is 39.5 Å². The summed E-state index contributed by atoms with van der Waals surface area (Å²) in [4.78, 5) is 19.7. The fraction of sp³-hybridized carbons (Fsp3) is 0.444. The van der Waals surface area contributed by atoms with Crippen LogP contribution in [0.15, 0.2) is 24.7 Å². The monoisotopic (exact) mass is 353 g/mol. The van der Waals surface area contributed by atoms with Gasteiger partial charge in [0.2, 0.25) is 0 Å². The topological polar surface area (TPSA) is 80.9 Å². The first-order valence-corrected chi connectivity index (χ1v) is 8.85. The van der Waals surface area contributed by atoms with Crippen molar-refractivity contribution in [2.45, 2.75) is 25.8 Å². The second kappa shape index (κ2) is 6.44. The number of pyridine rings is 1. The van der Waals surface area contributed by atoms with E-state index < -0.39 is 0 Å². The normalized spacial score (nSPS) is 17.7. The zero-order chi connectivity index (χ0) is 18.3. The molecule has 136 valence electrons. The highest BCUT2D eigenvalue weighted by Gasteiger charge is 2.24. The summed E-state index contributed by atoms with van der Waals surface area (Å²) in [6.07, 6.45) is 7.60. The standard InChI is InChI=1S/C18H23N7O/c1-12-7-15(16-9-20-24(3)17(16)21-12)18(26)22-13-5-4-6-25(10-13)14-8-19-23(2)11-14/h7-9,11,13H,4-6,10H2,1-3H3,(H,22,26). The molecule has 4 heterocycles. The zero-order valence-electron chi connectivity index (χ0n) is 15.3. The summed E-state index contributed by atoms with van der Waals surface area (Å²) in [6, 6.07) is 1.94. The van der Waals surface area contributed by atoms with Gasteiger partial charge in [-0.1, -0.05) is 0 Å². The Bertz CT molecular complexity index is 958. The van der Waals surface area contributed by atoms with Crippen molar-refractivity contribution in [1.29, 1.82) is 0 Å². The number of fused-ring (bicyclic) bond motifs is 1. The summed E-state index contributed by atoms with van der Waals surface area (Å²) in [5.41, 5.74) is 3.28. The Labute approximate surface area is 151 Å². The van der Waals surface area contributed by atoms with Gasteiger partial charge in [-0.25, -0.2) is 4.98 Å². The highest BCUT2D eigenvalue weighted by Crippen LogP contribution is 2.21. The van der Waals surface area contributed by atoms with E-state index in [0.717, 1.165) is 48.3 Å². The molecule has 3 aromatic heterocycles. The molecule has 1 fully saturated rings. The average molecular weight is 353 g/mol. The summed E-state index contributed by atoms with van der Waals surface area (Å²) in [7, 11) is 3.75. The lowest BCUT2D eigenvalue weighted by Crippen LogP contribution is -2.47. The van der Waals surface area contributed by atoms with Crippen molar-refractivity contribution >= 4 is 22.6 Å². The summed E-state index contributed by atoms with van der Waals surface area (Å²) in [6.45, 7) is 3.67. The van der Waals surface area contributed by atoms with Crippen LogP contribution in [0.25, 0.3) is 11.0 Å². The lowest BCUT2D eigenvalue weighted by atomic mass is 10.0. The maximum Gasteiger partial charge on any atom is 0.252 e. The van der Waals surface area contributed by atoms with Crippen LogP contribution in [0.1, 0.15) is 28.9 Å². The Kier molecular flexibility index (Phi) is 4.10. The highest BCUT2D eigenvalue weighted by atomic mass is 16.1. The third-order valence-corrected chi connectivity index (χ3v) is 4.89. The van der Waals surface area contributed by atoms with Gasteiger partial charge in [-0.05, 0) is 25.8 Å². The molecule has 1 aliphatic heterocycles. The largest absolute Gasteiger partial charge is 0.367 e. The first-order valence-electron chi connectivity index (χ1n) is 8.85. The van der Waals surface area contributed by atoms with E-state index in [0.29, 0.717) is 5.56 Å². The number of anilines is 1. The molecule has 0 bridgehead atoms. The molecule has 8 heteroatoms. The van der Waals surface area contributed by atoms with Crippen LogP contribution in [0.4, 0.5) is 5.69 Å². The molecule has 8 nitrogen and oxygen atoms in total. The van der Waals surface area contributed by atoms with Crippen molar-refractivity contribution < 1.29 is 4.79 Å². The van der Waals surface area contributed by atoms with Crippen molar-refractivity contribution in [3.05, 3.63) is 35.9 Å². The Morgan fingerprint density at radius 2 is 2.12 bits per heavy atom. The van der Waals surface area contributed by atoms with Gasteiger partial charge >= 0.3 is 0 Å². The molecule has 4 rings (SSSR count). The fourth-order valence-electron chi connectivity index (χ4n) is 3.59. The quantitative estimate of drug-likeness (QED) is 0.770. The van der Waals surface area contributed by atoms with Crippen LogP contribution in [-0.2, 0) is 14.1 Å². The van der Waals surface area contributed by atoms with Gasteiger partial charge in [-0.2, -0.15) is 10.2 Å². The van der Waals surface area contributed by atoms with Gasteiger partial charge in [0.25, 0.3) is 5.91 Å². The summed E-state index contributed by atoms with van der Waals surface area (Å²) in [5.74, 6) is -0.0634. The van der Waals surface area contributed by atoms with Gasteiger partial charge in [0.1, 0.15) is 0 Å². The third kappa shape index (κ3) is 3.02. The third-order valence-electron chi connectivity index (χ3n) is 4.89. The molecule has 0 saturated carbocycles. The molecule has 0 aliphatic carbocycles. The molecule has 1 saturated heterocycles. The zero-order valence-corrected chi connectivity index (χ0v) is 15.3. The minimum atomic E-state index is -0.0634. The molecule has 0 aromatic carbocycles. The van der Waals surface area contributed by atoms with Gasteiger partial charge in [0.05, 0.1) is 29.0 Å². The molecule has 26 heavy (non-hydrogen) atoms. The predicted octanol–water partition coefficient (Wildman–Crippen LogP) is 1.41.